The van der Waals surface area contributed by atoms with Crippen molar-refractivity contribution in [3.05, 3.63) is 0 Å². The molecule has 0 saturated carbocycles. The summed E-state index contributed by atoms with van der Waals surface area (Å²) in [6.07, 6.45) is 3.43. The summed E-state index contributed by atoms with van der Waals surface area (Å²) in [7, 11) is 0. The van der Waals surface area contributed by atoms with Crippen LogP contribution in [0.5, 0.6) is 0 Å². The molecule has 1 atom stereocenters. The first-order valence-corrected chi connectivity index (χ1v) is 7.40. The van der Waals surface area contributed by atoms with Crippen molar-refractivity contribution in [2.24, 2.45) is 5.41 Å². The van der Waals surface area contributed by atoms with Gasteiger partial charge in [0.15, 0.2) is 0 Å². The second-order valence-corrected chi connectivity index (χ2v) is 6.34. The fraction of sp³-hybridized carbons (Fsp3) is 0.857. The Labute approximate surface area is 114 Å². The van der Waals surface area contributed by atoms with Crippen molar-refractivity contribution in [3.8, 4) is 0 Å². The summed E-state index contributed by atoms with van der Waals surface area (Å²) in [6.45, 7) is 6.15. The highest BCUT2D eigenvalue weighted by Crippen LogP contribution is 2.32. The molecule has 2 amide bonds. The van der Waals surface area contributed by atoms with Gasteiger partial charge in [0.05, 0.1) is 0 Å². The van der Waals surface area contributed by atoms with Crippen LogP contribution in [0.1, 0.15) is 32.6 Å². The fourth-order valence-electron chi connectivity index (χ4n) is 3.62. The predicted octanol–water partition coefficient (Wildman–Crippen LogP) is 0.209. The van der Waals surface area contributed by atoms with Crippen LogP contribution in [0, 0.1) is 5.41 Å². The van der Waals surface area contributed by atoms with Crippen molar-refractivity contribution >= 4 is 11.8 Å². The molecule has 106 valence electrons. The first-order chi connectivity index (χ1) is 9.10. The summed E-state index contributed by atoms with van der Waals surface area (Å²) in [4.78, 5) is 28.4. The molecule has 3 aliphatic heterocycles. The maximum atomic E-state index is 12.7. The van der Waals surface area contributed by atoms with Crippen LogP contribution in [-0.2, 0) is 9.59 Å². The van der Waals surface area contributed by atoms with Crippen molar-refractivity contribution in [3.63, 3.8) is 0 Å². The zero-order chi connectivity index (χ0) is 13.5. The van der Waals surface area contributed by atoms with Gasteiger partial charge in [-0.3, -0.25) is 9.59 Å². The number of hydrogen-bond donors (Lipinski definition) is 1. The van der Waals surface area contributed by atoms with Crippen LogP contribution in [0.4, 0.5) is 0 Å². The Hall–Kier alpha value is -1.10. The lowest BCUT2D eigenvalue weighted by atomic mass is 9.79. The van der Waals surface area contributed by atoms with E-state index >= 15 is 0 Å². The van der Waals surface area contributed by atoms with Crippen molar-refractivity contribution in [2.45, 2.75) is 38.6 Å². The number of fused-ring (bicyclic) bond motifs is 1. The van der Waals surface area contributed by atoms with Crippen LogP contribution in [0.25, 0.3) is 0 Å². The first-order valence-electron chi connectivity index (χ1n) is 7.40. The minimum Gasteiger partial charge on any atom is -0.338 e. The zero-order valence-corrected chi connectivity index (χ0v) is 11.7. The maximum Gasteiger partial charge on any atom is 0.228 e. The van der Waals surface area contributed by atoms with E-state index in [1.165, 1.54) is 0 Å². The molecule has 5 nitrogen and oxygen atoms in total. The van der Waals surface area contributed by atoms with E-state index in [4.69, 9.17) is 0 Å². The van der Waals surface area contributed by atoms with E-state index in [-0.39, 0.29) is 17.4 Å². The quantitative estimate of drug-likeness (QED) is 0.737. The summed E-state index contributed by atoms with van der Waals surface area (Å²) in [5, 5.41) is 3.32. The van der Waals surface area contributed by atoms with E-state index in [0.29, 0.717) is 18.9 Å². The number of rotatable bonds is 1. The van der Waals surface area contributed by atoms with Gasteiger partial charge in [0.1, 0.15) is 0 Å². The highest BCUT2D eigenvalue weighted by atomic mass is 16.2. The average molecular weight is 265 g/mol. The first kappa shape index (κ1) is 12.9. The molecule has 0 bridgehead atoms. The predicted molar refractivity (Wildman–Crippen MR) is 71.5 cm³/mol. The molecule has 1 N–H and O–H groups in total. The number of hydrogen-bond acceptors (Lipinski definition) is 3. The Morgan fingerprint density at radius 1 is 1.32 bits per heavy atom. The number of nitrogens with zero attached hydrogens (tertiary/aromatic N) is 2. The van der Waals surface area contributed by atoms with Crippen molar-refractivity contribution in [2.75, 3.05) is 32.7 Å². The summed E-state index contributed by atoms with van der Waals surface area (Å²) < 4.78 is 0. The van der Waals surface area contributed by atoms with Gasteiger partial charge in [-0.15, -0.1) is 0 Å². The number of amides is 2. The third kappa shape index (κ3) is 2.24. The van der Waals surface area contributed by atoms with Crippen molar-refractivity contribution in [1.29, 1.82) is 0 Å². The molecule has 0 radical (unpaired) electrons. The van der Waals surface area contributed by atoms with E-state index < -0.39 is 0 Å². The molecule has 0 aliphatic carbocycles. The van der Waals surface area contributed by atoms with Gasteiger partial charge < -0.3 is 15.1 Å². The number of carbonyl (C=O) groups is 2. The lowest BCUT2D eigenvalue weighted by Crippen LogP contribution is -2.57. The molecule has 0 aromatic carbocycles. The van der Waals surface area contributed by atoms with Gasteiger partial charge in [0.25, 0.3) is 0 Å². The molecule has 5 heteroatoms. The van der Waals surface area contributed by atoms with Gasteiger partial charge in [0, 0.05) is 37.5 Å². The third-order valence-corrected chi connectivity index (χ3v) is 5.01. The third-order valence-electron chi connectivity index (χ3n) is 5.01. The summed E-state index contributed by atoms with van der Waals surface area (Å²) >= 11 is 0. The largest absolute Gasteiger partial charge is 0.338 e. The standard InChI is InChI=1S/C14H23N3O2/c1-14(4-6-15-7-5-14)13(19)16-8-9-17-11(10-16)2-3-12(17)18/h11,15H,2-10H2,1H3. The molecule has 1 unspecified atom stereocenters. The highest BCUT2D eigenvalue weighted by Gasteiger charge is 2.42. The van der Waals surface area contributed by atoms with Crippen LogP contribution >= 0.6 is 0 Å². The SMILES string of the molecule is CC1(C(=O)N2CCN3C(=O)CCC3C2)CCNCC1. The normalized spacial score (nSPS) is 30.4. The molecule has 0 spiro atoms. The second-order valence-electron chi connectivity index (χ2n) is 6.34. The minimum atomic E-state index is -0.198. The smallest absolute Gasteiger partial charge is 0.228 e. The minimum absolute atomic E-state index is 0.198. The molecule has 0 aromatic rings. The Balaban J connectivity index is 1.66. The van der Waals surface area contributed by atoms with Crippen LogP contribution < -0.4 is 5.32 Å². The van der Waals surface area contributed by atoms with Crippen LogP contribution in [-0.4, -0.2) is 60.4 Å². The second kappa shape index (κ2) is 4.78. The van der Waals surface area contributed by atoms with E-state index in [9.17, 15) is 9.59 Å². The number of nitrogens with one attached hydrogen (secondary N) is 1. The van der Waals surface area contributed by atoms with E-state index in [2.05, 4.69) is 12.2 Å². The monoisotopic (exact) mass is 265 g/mol. The number of piperidine rings is 1. The van der Waals surface area contributed by atoms with E-state index in [1.807, 2.05) is 9.80 Å². The molecule has 0 aromatic heterocycles. The topological polar surface area (TPSA) is 52.7 Å². The molecular formula is C14H23N3O2. The molecule has 3 rings (SSSR count). The Kier molecular flexibility index (Phi) is 3.25. The van der Waals surface area contributed by atoms with E-state index in [0.717, 1.165) is 45.4 Å². The molecule has 3 heterocycles. The summed E-state index contributed by atoms with van der Waals surface area (Å²) in [6, 6.07) is 0.274. The molecule has 3 saturated heterocycles. The van der Waals surface area contributed by atoms with Gasteiger partial charge in [-0.25, -0.2) is 0 Å². The Morgan fingerprint density at radius 2 is 2.05 bits per heavy atom. The van der Waals surface area contributed by atoms with Crippen LogP contribution in [0.2, 0.25) is 0 Å². The van der Waals surface area contributed by atoms with Crippen molar-refractivity contribution in [1.82, 2.24) is 15.1 Å². The van der Waals surface area contributed by atoms with Crippen molar-refractivity contribution < 1.29 is 9.59 Å². The molecule has 3 aliphatic rings. The maximum absolute atomic E-state index is 12.7. The fourth-order valence-corrected chi connectivity index (χ4v) is 3.62. The Bertz CT molecular complexity index is 390. The van der Waals surface area contributed by atoms with Gasteiger partial charge in [-0.2, -0.15) is 0 Å². The molecule has 19 heavy (non-hydrogen) atoms. The lowest BCUT2D eigenvalue weighted by molar-refractivity contribution is -0.147. The van der Waals surface area contributed by atoms with Gasteiger partial charge in [-0.05, 0) is 32.4 Å². The summed E-state index contributed by atoms with van der Waals surface area (Å²) in [5.74, 6) is 0.568. The Morgan fingerprint density at radius 3 is 2.79 bits per heavy atom. The van der Waals surface area contributed by atoms with Gasteiger partial charge in [0.2, 0.25) is 11.8 Å². The number of carbonyl (C=O) groups excluding carboxylic acids is 2. The lowest BCUT2D eigenvalue weighted by Gasteiger charge is -2.43. The van der Waals surface area contributed by atoms with Gasteiger partial charge >= 0.3 is 0 Å². The van der Waals surface area contributed by atoms with Crippen LogP contribution in [0.3, 0.4) is 0 Å². The van der Waals surface area contributed by atoms with Gasteiger partial charge in [-0.1, -0.05) is 6.92 Å². The highest BCUT2D eigenvalue weighted by molar-refractivity contribution is 5.84. The van der Waals surface area contributed by atoms with Crippen LogP contribution in [0.15, 0.2) is 0 Å². The average Bonchev–Trinajstić information content (AvgIpc) is 2.80. The summed E-state index contributed by atoms with van der Waals surface area (Å²) in [5.41, 5.74) is -0.198. The zero-order valence-electron chi connectivity index (χ0n) is 11.7. The molecule has 3 fully saturated rings. The van der Waals surface area contributed by atoms with E-state index in [1.54, 1.807) is 0 Å². The number of piperazine rings is 1. The molecular weight excluding hydrogens is 242 g/mol.